The number of hydrogen-bond donors (Lipinski definition) is 2. The van der Waals surface area contributed by atoms with E-state index in [2.05, 4.69) is 29.1 Å². The number of carbonyl (C=O) groups excluding carboxylic acids is 1. The predicted octanol–water partition coefficient (Wildman–Crippen LogP) is 1.01. The van der Waals surface area contributed by atoms with Crippen LogP contribution < -0.4 is 16.0 Å². The van der Waals surface area contributed by atoms with Crippen LogP contribution >= 0.6 is 0 Å². The summed E-state index contributed by atoms with van der Waals surface area (Å²) in [6.07, 6.45) is 0. The van der Waals surface area contributed by atoms with E-state index in [1.54, 1.807) is 0 Å². The van der Waals surface area contributed by atoms with Crippen molar-refractivity contribution >= 4 is 17.7 Å². The number of aryl methyl sites for hydroxylation is 1. The van der Waals surface area contributed by atoms with Crippen LogP contribution in [0.15, 0.2) is 0 Å². The molecule has 134 valence electrons. The van der Waals surface area contributed by atoms with Crippen molar-refractivity contribution in [1.29, 1.82) is 0 Å². The summed E-state index contributed by atoms with van der Waals surface area (Å²) < 4.78 is 0. The van der Waals surface area contributed by atoms with Crippen molar-refractivity contribution in [3.63, 3.8) is 0 Å². The zero-order valence-electron chi connectivity index (χ0n) is 15.6. The van der Waals surface area contributed by atoms with E-state index >= 15 is 0 Å². The minimum absolute atomic E-state index is 0.00882. The molecular formula is C17H30N6O. The van der Waals surface area contributed by atoms with E-state index in [9.17, 15) is 4.79 Å². The van der Waals surface area contributed by atoms with Gasteiger partial charge < -0.3 is 20.9 Å². The van der Waals surface area contributed by atoms with E-state index < -0.39 is 0 Å². The van der Waals surface area contributed by atoms with Crippen LogP contribution in [-0.4, -0.2) is 60.5 Å². The highest BCUT2D eigenvalue weighted by Crippen LogP contribution is 2.28. The molecule has 2 atom stereocenters. The van der Waals surface area contributed by atoms with E-state index in [0.717, 1.165) is 23.6 Å². The Hall–Kier alpha value is -1.89. The molecule has 0 aliphatic carbocycles. The number of nitrogens with zero attached hydrogens (tertiary/aromatic N) is 4. The van der Waals surface area contributed by atoms with Crippen molar-refractivity contribution in [1.82, 2.24) is 14.9 Å². The third-order valence-electron chi connectivity index (χ3n) is 4.85. The van der Waals surface area contributed by atoms with Crippen molar-refractivity contribution in [2.45, 2.75) is 33.7 Å². The number of carbonyl (C=O) groups is 1. The second-order valence-electron chi connectivity index (χ2n) is 7.14. The predicted molar refractivity (Wildman–Crippen MR) is 97.2 cm³/mol. The average Bonchev–Trinajstić information content (AvgIpc) is 2.94. The summed E-state index contributed by atoms with van der Waals surface area (Å²) in [5.74, 6) is 2.39. The normalized spacial score (nSPS) is 20.6. The summed E-state index contributed by atoms with van der Waals surface area (Å²) in [5, 5.41) is 3.57. The van der Waals surface area contributed by atoms with Crippen LogP contribution in [0.5, 0.6) is 0 Å². The Balaban J connectivity index is 2.26. The van der Waals surface area contributed by atoms with E-state index in [-0.39, 0.29) is 18.5 Å². The Kier molecular flexibility index (Phi) is 5.64. The number of hydrogen-bond acceptors (Lipinski definition) is 6. The van der Waals surface area contributed by atoms with Crippen LogP contribution in [0.3, 0.4) is 0 Å². The first-order valence-electron chi connectivity index (χ1n) is 8.51. The molecule has 2 heterocycles. The minimum Gasteiger partial charge on any atom is -0.365 e. The first kappa shape index (κ1) is 18.4. The van der Waals surface area contributed by atoms with Gasteiger partial charge in [0.05, 0.1) is 6.54 Å². The van der Waals surface area contributed by atoms with E-state index in [4.69, 9.17) is 5.73 Å². The number of rotatable bonds is 5. The molecule has 1 aromatic heterocycles. The molecule has 1 saturated heterocycles. The van der Waals surface area contributed by atoms with Crippen molar-refractivity contribution in [2.24, 2.45) is 17.6 Å². The molecule has 0 bridgehead atoms. The van der Waals surface area contributed by atoms with Gasteiger partial charge >= 0.3 is 0 Å². The fraction of sp³-hybridized carbons (Fsp3) is 0.706. The van der Waals surface area contributed by atoms with Crippen LogP contribution in [0.1, 0.15) is 25.1 Å². The highest BCUT2D eigenvalue weighted by molar-refractivity contribution is 5.78. The second kappa shape index (κ2) is 7.34. The van der Waals surface area contributed by atoms with Gasteiger partial charge in [0.15, 0.2) is 0 Å². The summed E-state index contributed by atoms with van der Waals surface area (Å²) in [4.78, 5) is 24.9. The summed E-state index contributed by atoms with van der Waals surface area (Å²) in [6.45, 7) is 9.88. The standard InChI is InChI=1S/C17H30N6O/c1-10(2)13-8-23(15(24)7-18)9-14(13)20-16-11(3)12(4)19-17(21-16)22(5)6/h10,13-14H,7-9,18H2,1-6H3,(H,19,20,21)/t13-,14+/m0/s1. The smallest absolute Gasteiger partial charge is 0.236 e. The molecule has 2 rings (SSSR count). The Bertz CT molecular complexity index is 601. The lowest BCUT2D eigenvalue weighted by atomic mass is 9.91. The monoisotopic (exact) mass is 334 g/mol. The molecule has 1 aliphatic rings. The van der Waals surface area contributed by atoms with Crippen molar-refractivity contribution in [2.75, 3.05) is 43.9 Å². The Morgan fingerprint density at radius 3 is 2.54 bits per heavy atom. The first-order valence-corrected chi connectivity index (χ1v) is 8.51. The van der Waals surface area contributed by atoms with E-state index in [1.165, 1.54) is 0 Å². The largest absolute Gasteiger partial charge is 0.365 e. The number of nitrogens with one attached hydrogen (secondary N) is 1. The maximum atomic E-state index is 12.0. The molecule has 0 unspecified atom stereocenters. The number of likely N-dealkylation sites (tertiary alicyclic amines) is 1. The van der Waals surface area contributed by atoms with Gasteiger partial charge in [0.25, 0.3) is 0 Å². The van der Waals surface area contributed by atoms with E-state index in [1.807, 2.05) is 37.7 Å². The SMILES string of the molecule is Cc1nc(N(C)C)nc(N[C@@H]2CN(C(=O)CN)C[C@H]2C(C)C)c1C. The van der Waals surface area contributed by atoms with Crippen LogP contribution in [0.25, 0.3) is 0 Å². The Morgan fingerprint density at radius 1 is 1.33 bits per heavy atom. The molecule has 1 aromatic rings. The Morgan fingerprint density at radius 2 is 2.00 bits per heavy atom. The summed E-state index contributed by atoms with van der Waals surface area (Å²) in [6, 6.07) is 0.170. The minimum atomic E-state index is 0.00882. The number of aromatic nitrogens is 2. The number of amides is 1. The van der Waals surface area contributed by atoms with Gasteiger partial charge in [0.2, 0.25) is 11.9 Å². The molecule has 24 heavy (non-hydrogen) atoms. The molecule has 0 aromatic carbocycles. The molecule has 0 saturated carbocycles. The fourth-order valence-corrected chi connectivity index (χ4v) is 3.12. The quantitative estimate of drug-likeness (QED) is 0.836. The zero-order chi connectivity index (χ0) is 18.0. The molecule has 7 heteroatoms. The third kappa shape index (κ3) is 3.77. The molecule has 1 aliphatic heterocycles. The van der Waals surface area contributed by atoms with Crippen molar-refractivity contribution in [3.05, 3.63) is 11.3 Å². The average molecular weight is 334 g/mol. The lowest BCUT2D eigenvalue weighted by Gasteiger charge is -2.25. The third-order valence-corrected chi connectivity index (χ3v) is 4.85. The van der Waals surface area contributed by atoms with Crippen molar-refractivity contribution < 1.29 is 4.79 Å². The van der Waals surface area contributed by atoms with Gasteiger partial charge in [-0.05, 0) is 19.8 Å². The van der Waals surface area contributed by atoms with Gasteiger partial charge in [0, 0.05) is 50.4 Å². The molecule has 7 nitrogen and oxygen atoms in total. The highest BCUT2D eigenvalue weighted by atomic mass is 16.2. The highest BCUT2D eigenvalue weighted by Gasteiger charge is 2.37. The number of nitrogens with two attached hydrogens (primary N) is 1. The zero-order valence-corrected chi connectivity index (χ0v) is 15.6. The second-order valence-corrected chi connectivity index (χ2v) is 7.14. The van der Waals surface area contributed by atoms with Gasteiger partial charge in [-0.25, -0.2) is 4.98 Å². The van der Waals surface area contributed by atoms with Crippen LogP contribution in [0, 0.1) is 25.7 Å². The molecule has 3 N–H and O–H groups in total. The van der Waals surface area contributed by atoms with E-state index in [0.29, 0.717) is 24.3 Å². The maximum absolute atomic E-state index is 12.0. The Labute approximate surface area is 144 Å². The summed E-state index contributed by atoms with van der Waals surface area (Å²) >= 11 is 0. The van der Waals surface area contributed by atoms with Gasteiger partial charge in [-0.3, -0.25) is 4.79 Å². The maximum Gasteiger partial charge on any atom is 0.236 e. The topological polar surface area (TPSA) is 87.4 Å². The van der Waals surface area contributed by atoms with Gasteiger partial charge in [-0.1, -0.05) is 13.8 Å². The van der Waals surface area contributed by atoms with Gasteiger partial charge in [-0.15, -0.1) is 0 Å². The lowest BCUT2D eigenvalue weighted by molar-refractivity contribution is -0.128. The molecule has 0 radical (unpaired) electrons. The fourth-order valence-electron chi connectivity index (χ4n) is 3.12. The first-order chi connectivity index (χ1) is 11.2. The molecule has 1 amide bonds. The van der Waals surface area contributed by atoms with Crippen LogP contribution in [-0.2, 0) is 4.79 Å². The number of anilines is 2. The summed E-state index contributed by atoms with van der Waals surface area (Å²) in [7, 11) is 3.87. The van der Waals surface area contributed by atoms with Crippen LogP contribution in [0.4, 0.5) is 11.8 Å². The lowest BCUT2D eigenvalue weighted by Crippen LogP contribution is -2.36. The van der Waals surface area contributed by atoms with Gasteiger partial charge in [0.1, 0.15) is 5.82 Å². The molecular weight excluding hydrogens is 304 g/mol. The van der Waals surface area contributed by atoms with Gasteiger partial charge in [-0.2, -0.15) is 4.98 Å². The van der Waals surface area contributed by atoms with Crippen molar-refractivity contribution in [3.8, 4) is 0 Å². The van der Waals surface area contributed by atoms with Crippen LogP contribution in [0.2, 0.25) is 0 Å². The molecule has 1 fully saturated rings. The molecule has 0 spiro atoms. The summed E-state index contributed by atoms with van der Waals surface area (Å²) in [5.41, 5.74) is 7.54.